The summed E-state index contributed by atoms with van der Waals surface area (Å²) in [5, 5.41) is 23.7. The molecule has 3 rings (SSSR count). The molecule has 2 N–H and O–H groups in total. The van der Waals surface area contributed by atoms with E-state index in [1.807, 2.05) is 0 Å². The lowest BCUT2D eigenvalue weighted by Gasteiger charge is -2.14. The van der Waals surface area contributed by atoms with Gasteiger partial charge in [0.05, 0.1) is 22.9 Å². The Hall–Kier alpha value is -3.37. The predicted octanol–water partition coefficient (Wildman–Crippen LogP) is -0.153. The molecule has 1 unspecified atom stereocenters. The van der Waals surface area contributed by atoms with Crippen LogP contribution < -0.4 is 16.0 Å². The van der Waals surface area contributed by atoms with Gasteiger partial charge in [-0.15, -0.1) is 0 Å². The van der Waals surface area contributed by atoms with Gasteiger partial charge in [-0.2, -0.15) is 0 Å². The number of carbonyl (C=O) groups excluding carboxylic acids is 2. The Morgan fingerprint density at radius 3 is 2.75 bits per heavy atom. The number of anilines is 1. The highest BCUT2D eigenvalue weighted by atomic mass is 16.6. The van der Waals surface area contributed by atoms with Gasteiger partial charge >= 0.3 is 5.97 Å². The van der Waals surface area contributed by atoms with Crippen LogP contribution in [-0.4, -0.2) is 52.5 Å². The van der Waals surface area contributed by atoms with Crippen molar-refractivity contribution in [2.45, 2.75) is 25.7 Å². The first-order valence-corrected chi connectivity index (χ1v) is 8.84. The number of hydrogen-bond acceptors (Lipinski definition) is 8. The Morgan fingerprint density at radius 1 is 1.29 bits per heavy atom. The predicted molar refractivity (Wildman–Crippen MR) is 95.1 cm³/mol. The van der Waals surface area contributed by atoms with Gasteiger partial charge in [0, 0.05) is 25.6 Å². The fourth-order valence-electron chi connectivity index (χ4n) is 3.33. The quantitative estimate of drug-likeness (QED) is 0.257. The molecule has 2 heterocycles. The fraction of sp³-hybridized carbons (Fsp3) is 0.471. The number of non-ortho nitro benzene ring substituents is 1. The summed E-state index contributed by atoms with van der Waals surface area (Å²) >= 11 is 0. The molecule has 1 aromatic carbocycles. The summed E-state index contributed by atoms with van der Waals surface area (Å²) in [5.41, 5.74) is 0.570. The zero-order valence-electron chi connectivity index (χ0n) is 15.0. The minimum atomic E-state index is -1.09. The summed E-state index contributed by atoms with van der Waals surface area (Å²) in [5.74, 6) is -2.62. The molecule has 11 heteroatoms. The number of unbranched alkanes of at least 4 members (excludes halogenated alkanes) is 1. The van der Waals surface area contributed by atoms with Crippen LogP contribution in [0.15, 0.2) is 22.1 Å². The second-order valence-electron chi connectivity index (χ2n) is 6.56. The average molecular weight is 389 g/mol. The van der Waals surface area contributed by atoms with Gasteiger partial charge in [0.25, 0.3) is 5.69 Å². The van der Waals surface area contributed by atoms with E-state index in [0.717, 1.165) is 4.90 Å². The molecule has 0 aromatic heterocycles. The molecule has 1 saturated heterocycles. The van der Waals surface area contributed by atoms with Crippen LogP contribution in [0.25, 0.3) is 0 Å². The molecule has 0 spiro atoms. The maximum absolute atomic E-state index is 12.1. The minimum Gasteiger partial charge on any atom is -0.481 e. The number of carboxylic acids is 1. The highest BCUT2D eigenvalue weighted by Crippen LogP contribution is 2.23. The number of rotatable bonds is 9. The number of likely N-dealkylation sites (tertiary alicyclic amines) is 1. The highest BCUT2D eigenvalue weighted by molar-refractivity contribution is 6.04. The molecule has 148 valence electrons. The average Bonchev–Trinajstić information content (AvgIpc) is 3.21. The second-order valence-corrected chi connectivity index (χ2v) is 6.56. The summed E-state index contributed by atoms with van der Waals surface area (Å²) in [4.78, 5) is 54.6. The second kappa shape index (κ2) is 8.11. The molecule has 1 atom stereocenters. The van der Waals surface area contributed by atoms with Gasteiger partial charge in [-0.1, -0.05) is 0 Å². The van der Waals surface area contributed by atoms with Crippen LogP contribution in [0.3, 0.4) is 0 Å². The van der Waals surface area contributed by atoms with E-state index in [9.17, 15) is 24.5 Å². The number of nitrogens with one attached hydrogen (secondary N) is 1. The van der Waals surface area contributed by atoms with Gasteiger partial charge in [0.15, 0.2) is 5.36 Å². The zero-order chi connectivity index (χ0) is 20.3. The smallest absolute Gasteiger partial charge is 0.304 e. The van der Waals surface area contributed by atoms with Crippen molar-refractivity contribution in [2.24, 2.45) is 15.9 Å². The number of aliphatic carboxylic acids is 1. The van der Waals surface area contributed by atoms with Crippen molar-refractivity contribution in [3.8, 4) is 0 Å². The molecule has 2 amide bonds. The number of nitrogens with zero attached hydrogens (tertiary/aromatic N) is 4. The van der Waals surface area contributed by atoms with Crippen LogP contribution in [0, 0.1) is 16.0 Å². The molecule has 0 saturated carbocycles. The van der Waals surface area contributed by atoms with E-state index in [4.69, 9.17) is 5.11 Å². The van der Waals surface area contributed by atoms with Gasteiger partial charge in [0.1, 0.15) is 12.0 Å². The molecule has 1 aromatic rings. The van der Waals surface area contributed by atoms with Gasteiger partial charge in [-0.05, 0) is 18.9 Å². The van der Waals surface area contributed by atoms with E-state index in [0.29, 0.717) is 30.4 Å². The van der Waals surface area contributed by atoms with Crippen LogP contribution in [0.4, 0.5) is 11.4 Å². The first kappa shape index (κ1) is 19.4. The third-order valence-electron chi connectivity index (χ3n) is 4.67. The summed E-state index contributed by atoms with van der Waals surface area (Å²) < 4.78 is 0. The minimum absolute atomic E-state index is 0.0523. The maximum atomic E-state index is 12.1. The molecule has 0 aliphatic carbocycles. The normalized spacial score (nSPS) is 17.9. The number of carbonyl (C=O) groups is 3. The third kappa shape index (κ3) is 3.97. The summed E-state index contributed by atoms with van der Waals surface area (Å²) in [7, 11) is 0. The van der Waals surface area contributed by atoms with Crippen LogP contribution in [0.1, 0.15) is 25.7 Å². The number of hydrogen-bond donors (Lipinski definition) is 2. The van der Waals surface area contributed by atoms with E-state index >= 15 is 0 Å². The Morgan fingerprint density at radius 2 is 2.04 bits per heavy atom. The standard InChI is InChI=1S/C17H19N5O6/c23-13-7-10(8-14(24)25)17(26)21(13)6-2-1-5-18-11-3-4-12(22(27)28)16-15(11)19-9-20-16/h3-4,10,18H,1-2,5-9H2,(H,24,25). The number of benzene rings is 1. The molecule has 0 radical (unpaired) electrons. The van der Waals surface area contributed by atoms with Gasteiger partial charge < -0.3 is 10.4 Å². The topological polar surface area (TPSA) is 155 Å². The molecule has 11 nitrogen and oxygen atoms in total. The Balaban J connectivity index is 1.50. The van der Waals surface area contributed by atoms with Gasteiger partial charge in [-0.3, -0.25) is 39.4 Å². The summed E-state index contributed by atoms with van der Waals surface area (Å²) in [6.45, 7) is 0.924. The lowest BCUT2D eigenvalue weighted by Crippen LogP contribution is -2.32. The Bertz CT molecular complexity index is 960. The van der Waals surface area contributed by atoms with Crippen molar-refractivity contribution in [1.29, 1.82) is 0 Å². The highest BCUT2D eigenvalue weighted by Gasteiger charge is 2.38. The van der Waals surface area contributed by atoms with Crippen LogP contribution in [-0.2, 0) is 14.4 Å². The van der Waals surface area contributed by atoms with Crippen molar-refractivity contribution in [1.82, 2.24) is 4.90 Å². The summed E-state index contributed by atoms with van der Waals surface area (Å²) in [6.07, 6.45) is 0.816. The van der Waals surface area contributed by atoms with Crippen molar-refractivity contribution < 1.29 is 24.4 Å². The maximum Gasteiger partial charge on any atom is 0.304 e. The van der Waals surface area contributed by atoms with Crippen molar-refractivity contribution >= 4 is 29.2 Å². The largest absolute Gasteiger partial charge is 0.481 e. The van der Waals surface area contributed by atoms with E-state index < -0.39 is 22.7 Å². The van der Waals surface area contributed by atoms with Crippen LogP contribution in [0.5, 0.6) is 0 Å². The fourth-order valence-corrected chi connectivity index (χ4v) is 3.33. The number of amides is 2. The first-order chi connectivity index (χ1) is 13.4. The molecule has 0 bridgehead atoms. The number of nitro groups is 1. The SMILES string of the molecule is O=C(O)CC1CC(=O)N(CCCCNc2ccc([N+](=O)[O-])c3c2=NCN=3)C1=O. The van der Waals surface area contributed by atoms with E-state index in [1.54, 1.807) is 6.07 Å². The van der Waals surface area contributed by atoms with Gasteiger partial charge in [-0.25, -0.2) is 0 Å². The number of nitro benzene ring substituents is 1. The molecule has 1 fully saturated rings. The Kier molecular flexibility index (Phi) is 5.62. The molecular formula is C17H19N5O6. The number of imide groups is 1. The molecule has 2 aliphatic rings. The first-order valence-electron chi connectivity index (χ1n) is 8.84. The lowest BCUT2D eigenvalue weighted by molar-refractivity contribution is -0.386. The van der Waals surface area contributed by atoms with Crippen molar-refractivity contribution in [3.63, 3.8) is 0 Å². The van der Waals surface area contributed by atoms with Crippen molar-refractivity contribution in [3.05, 3.63) is 33.0 Å². The molecule has 2 aliphatic heterocycles. The number of fused-ring (bicyclic) bond motifs is 1. The molecular weight excluding hydrogens is 370 g/mol. The monoisotopic (exact) mass is 389 g/mol. The van der Waals surface area contributed by atoms with E-state index in [2.05, 4.69) is 15.3 Å². The van der Waals surface area contributed by atoms with E-state index in [-0.39, 0.29) is 43.0 Å². The van der Waals surface area contributed by atoms with Crippen LogP contribution in [0.2, 0.25) is 0 Å². The number of carboxylic acid groups (broad SMARTS) is 1. The van der Waals surface area contributed by atoms with Crippen LogP contribution >= 0.6 is 0 Å². The van der Waals surface area contributed by atoms with Gasteiger partial charge in [0.2, 0.25) is 11.8 Å². The van der Waals surface area contributed by atoms with E-state index in [1.165, 1.54) is 6.07 Å². The molecule has 28 heavy (non-hydrogen) atoms. The third-order valence-corrected chi connectivity index (χ3v) is 4.67. The zero-order valence-corrected chi connectivity index (χ0v) is 15.0. The lowest BCUT2D eigenvalue weighted by atomic mass is 10.0. The summed E-state index contributed by atoms with van der Waals surface area (Å²) in [6, 6.07) is 2.97. The Labute approximate surface area is 158 Å². The van der Waals surface area contributed by atoms with Crippen molar-refractivity contribution in [2.75, 3.05) is 25.1 Å².